The second-order valence-corrected chi connectivity index (χ2v) is 7.15. The van der Waals surface area contributed by atoms with Crippen molar-refractivity contribution in [2.75, 3.05) is 0 Å². The van der Waals surface area contributed by atoms with Crippen LogP contribution in [-0.4, -0.2) is 40.5 Å². The van der Waals surface area contributed by atoms with Gasteiger partial charge in [-0.15, -0.1) is 0 Å². The van der Waals surface area contributed by atoms with Crippen LogP contribution in [0.15, 0.2) is 36.4 Å². The van der Waals surface area contributed by atoms with Gasteiger partial charge >= 0.3 is 0 Å². The summed E-state index contributed by atoms with van der Waals surface area (Å²) in [5.41, 5.74) is 0.176. The van der Waals surface area contributed by atoms with E-state index < -0.39 is 47.2 Å². The molecule has 8 nitrogen and oxygen atoms in total. The third kappa shape index (κ3) is 3.67. The molecule has 0 spiro atoms. The number of amides is 5. The van der Waals surface area contributed by atoms with Gasteiger partial charge in [0.1, 0.15) is 6.04 Å². The highest BCUT2D eigenvalue weighted by Crippen LogP contribution is 2.29. The summed E-state index contributed by atoms with van der Waals surface area (Å²) in [4.78, 5) is 62.7. The van der Waals surface area contributed by atoms with Gasteiger partial charge in [0, 0.05) is 18.5 Å². The maximum Gasteiger partial charge on any atom is 0.258 e. The predicted molar refractivity (Wildman–Crippen MR) is 101 cm³/mol. The number of halogens is 2. The molecule has 2 N–H and O–H groups in total. The van der Waals surface area contributed by atoms with Crippen molar-refractivity contribution in [2.45, 2.75) is 25.4 Å². The number of rotatable bonds is 3. The summed E-state index contributed by atoms with van der Waals surface area (Å²) in [6.45, 7) is 0.0681. The van der Waals surface area contributed by atoms with Gasteiger partial charge in [0.05, 0.1) is 11.1 Å². The van der Waals surface area contributed by atoms with Crippen LogP contribution in [0.2, 0.25) is 0 Å². The number of hydrogen-bond donors (Lipinski definition) is 2. The third-order valence-corrected chi connectivity index (χ3v) is 5.21. The lowest BCUT2D eigenvalue weighted by Gasteiger charge is -2.29. The summed E-state index contributed by atoms with van der Waals surface area (Å²) < 4.78 is 26.4. The van der Waals surface area contributed by atoms with Crippen LogP contribution in [0.5, 0.6) is 0 Å². The Bertz CT molecular complexity index is 1160. The first kappa shape index (κ1) is 20.3. The summed E-state index contributed by atoms with van der Waals surface area (Å²) in [6.07, 6.45) is 0.257. The number of imide groups is 2. The number of piperidine rings is 1. The van der Waals surface area contributed by atoms with E-state index in [1.54, 1.807) is 6.07 Å². The summed E-state index contributed by atoms with van der Waals surface area (Å²) in [5, 5.41) is 4.25. The molecule has 0 aliphatic carbocycles. The molecule has 1 saturated heterocycles. The van der Waals surface area contributed by atoms with Crippen LogP contribution in [0.4, 0.5) is 8.78 Å². The van der Waals surface area contributed by atoms with Crippen molar-refractivity contribution in [3.63, 3.8) is 0 Å². The Kier molecular flexibility index (Phi) is 5.05. The van der Waals surface area contributed by atoms with Gasteiger partial charge in [0.15, 0.2) is 11.6 Å². The van der Waals surface area contributed by atoms with Crippen LogP contribution >= 0.6 is 0 Å². The molecule has 1 unspecified atom stereocenters. The number of fused-ring (bicyclic) bond motifs is 1. The van der Waals surface area contributed by atoms with E-state index in [9.17, 15) is 32.8 Å². The van der Waals surface area contributed by atoms with Gasteiger partial charge < -0.3 is 4.90 Å². The average molecular weight is 427 g/mol. The smallest absolute Gasteiger partial charge is 0.258 e. The van der Waals surface area contributed by atoms with Crippen molar-refractivity contribution in [3.8, 4) is 0 Å². The molecule has 5 amide bonds. The van der Waals surface area contributed by atoms with Crippen molar-refractivity contribution in [1.82, 2.24) is 15.5 Å². The lowest BCUT2D eigenvalue weighted by atomic mass is 10.0. The standard InChI is InChI=1S/C21H15F2N3O5/c22-13-5-4-10(8-14(13)23)18(28)25-19(29)12-3-1-2-11-9-26(21(31)17(11)12)15-6-7-16(27)24-20(15)30/h1-5,8,15H,6-7,9H2,(H,24,27,30)(H,25,28,29). The van der Waals surface area contributed by atoms with Crippen molar-refractivity contribution in [2.24, 2.45) is 0 Å². The minimum Gasteiger partial charge on any atom is -0.322 e. The van der Waals surface area contributed by atoms with Gasteiger partial charge in [-0.25, -0.2) is 8.78 Å². The molecule has 0 aromatic heterocycles. The molecule has 2 aliphatic heterocycles. The van der Waals surface area contributed by atoms with E-state index in [0.717, 1.165) is 12.1 Å². The number of carbonyl (C=O) groups is 5. The Morgan fingerprint density at radius 3 is 2.52 bits per heavy atom. The molecular weight excluding hydrogens is 412 g/mol. The zero-order valence-corrected chi connectivity index (χ0v) is 15.9. The minimum atomic E-state index is -1.24. The van der Waals surface area contributed by atoms with Gasteiger partial charge in [-0.1, -0.05) is 12.1 Å². The Morgan fingerprint density at radius 2 is 1.81 bits per heavy atom. The van der Waals surface area contributed by atoms with E-state index in [4.69, 9.17) is 0 Å². The van der Waals surface area contributed by atoms with Crippen LogP contribution in [-0.2, 0) is 16.1 Å². The Morgan fingerprint density at radius 1 is 1.03 bits per heavy atom. The molecule has 1 fully saturated rings. The maximum atomic E-state index is 13.4. The first-order chi connectivity index (χ1) is 14.8. The fraction of sp³-hybridized carbons (Fsp3) is 0.190. The highest BCUT2D eigenvalue weighted by Gasteiger charge is 2.40. The molecule has 10 heteroatoms. The lowest BCUT2D eigenvalue weighted by Crippen LogP contribution is -2.52. The van der Waals surface area contributed by atoms with Gasteiger partial charge in [-0.2, -0.15) is 0 Å². The minimum absolute atomic E-state index is 0.0442. The second-order valence-electron chi connectivity index (χ2n) is 7.15. The van der Waals surface area contributed by atoms with Crippen LogP contribution < -0.4 is 10.6 Å². The molecule has 0 bridgehead atoms. The molecule has 2 aromatic rings. The normalized spacial score (nSPS) is 17.9. The number of hydrogen-bond acceptors (Lipinski definition) is 5. The predicted octanol–water partition coefficient (Wildman–Crippen LogP) is 1.30. The van der Waals surface area contributed by atoms with Gasteiger partial charge in [-0.05, 0) is 36.2 Å². The van der Waals surface area contributed by atoms with E-state index in [1.807, 2.05) is 0 Å². The molecule has 1 atom stereocenters. The second kappa shape index (κ2) is 7.71. The van der Waals surface area contributed by atoms with Gasteiger partial charge in [-0.3, -0.25) is 34.6 Å². The first-order valence-corrected chi connectivity index (χ1v) is 9.33. The summed E-state index contributed by atoms with van der Waals surface area (Å²) in [7, 11) is 0. The monoisotopic (exact) mass is 427 g/mol. The summed E-state index contributed by atoms with van der Waals surface area (Å²) in [6, 6.07) is 6.08. The Labute approximate surface area is 174 Å². The molecule has 4 rings (SSSR count). The largest absolute Gasteiger partial charge is 0.322 e. The molecule has 158 valence electrons. The first-order valence-electron chi connectivity index (χ1n) is 9.33. The average Bonchev–Trinajstić information content (AvgIpc) is 3.06. The number of carbonyl (C=O) groups excluding carboxylic acids is 5. The molecular formula is C21H15F2N3O5. The summed E-state index contributed by atoms with van der Waals surface area (Å²) >= 11 is 0. The van der Waals surface area contributed by atoms with E-state index >= 15 is 0 Å². The van der Waals surface area contributed by atoms with E-state index in [-0.39, 0.29) is 36.1 Å². The number of nitrogens with zero attached hydrogens (tertiary/aromatic N) is 1. The SMILES string of the molecule is O=C1CCC(N2Cc3cccc(C(=O)NC(=O)c4ccc(F)c(F)c4)c3C2=O)C(=O)N1. The Hall–Kier alpha value is -3.95. The third-order valence-electron chi connectivity index (χ3n) is 5.21. The van der Waals surface area contributed by atoms with E-state index in [1.165, 1.54) is 17.0 Å². The lowest BCUT2D eigenvalue weighted by molar-refractivity contribution is -0.136. The number of benzene rings is 2. The quantitative estimate of drug-likeness (QED) is 0.717. The fourth-order valence-corrected chi connectivity index (χ4v) is 3.68. The van der Waals surface area contributed by atoms with E-state index in [0.29, 0.717) is 11.6 Å². The van der Waals surface area contributed by atoms with Crippen molar-refractivity contribution in [3.05, 3.63) is 70.3 Å². The topological polar surface area (TPSA) is 113 Å². The van der Waals surface area contributed by atoms with Crippen LogP contribution in [0, 0.1) is 11.6 Å². The maximum absolute atomic E-state index is 13.4. The molecule has 31 heavy (non-hydrogen) atoms. The molecule has 0 saturated carbocycles. The highest BCUT2D eigenvalue weighted by atomic mass is 19.2. The summed E-state index contributed by atoms with van der Waals surface area (Å²) in [5.74, 6) is -5.81. The molecule has 0 radical (unpaired) electrons. The Balaban J connectivity index is 1.56. The number of nitrogens with one attached hydrogen (secondary N) is 2. The van der Waals surface area contributed by atoms with Crippen molar-refractivity contribution < 1.29 is 32.8 Å². The van der Waals surface area contributed by atoms with Gasteiger partial charge in [0.2, 0.25) is 11.8 Å². The van der Waals surface area contributed by atoms with Crippen LogP contribution in [0.25, 0.3) is 0 Å². The van der Waals surface area contributed by atoms with E-state index in [2.05, 4.69) is 10.6 Å². The molecule has 2 aromatic carbocycles. The van der Waals surface area contributed by atoms with Crippen molar-refractivity contribution in [1.29, 1.82) is 0 Å². The zero-order valence-electron chi connectivity index (χ0n) is 15.9. The fourth-order valence-electron chi connectivity index (χ4n) is 3.68. The van der Waals surface area contributed by atoms with Crippen LogP contribution in [0.1, 0.15) is 49.5 Å². The van der Waals surface area contributed by atoms with Gasteiger partial charge in [0.25, 0.3) is 17.7 Å². The highest BCUT2D eigenvalue weighted by molar-refractivity contribution is 6.16. The molecule has 2 aliphatic rings. The van der Waals surface area contributed by atoms with Crippen LogP contribution in [0.3, 0.4) is 0 Å². The molecule has 2 heterocycles. The van der Waals surface area contributed by atoms with Crippen molar-refractivity contribution >= 4 is 29.5 Å². The zero-order chi connectivity index (χ0) is 22.3.